The van der Waals surface area contributed by atoms with Crippen molar-refractivity contribution in [2.24, 2.45) is 0 Å². The highest BCUT2D eigenvalue weighted by Gasteiger charge is 1.86. The zero-order chi connectivity index (χ0) is 5.11. The van der Waals surface area contributed by atoms with Gasteiger partial charge in [0.2, 0.25) is 5.88 Å². The molecule has 38 valence electrons. The average molecular weight is 210 g/mol. The highest BCUT2D eigenvalue weighted by Crippen LogP contribution is 2.04. The lowest BCUT2D eigenvalue weighted by atomic mass is 10.7. The Labute approximate surface area is 54.6 Å². The fourth-order valence-electron chi connectivity index (χ4n) is 0.265. The molecule has 0 saturated carbocycles. The molecule has 0 aliphatic heterocycles. The second-order valence-corrected chi connectivity index (χ2v) is 1.51. The summed E-state index contributed by atoms with van der Waals surface area (Å²) >= 11 is 1.97. The fraction of sp³-hybridized carbons (Fsp3) is 0. The Kier molecular flexibility index (Phi) is 1.50. The van der Waals surface area contributed by atoms with E-state index in [9.17, 15) is 0 Å². The van der Waals surface area contributed by atoms with E-state index in [1.807, 2.05) is 22.9 Å². The first-order valence-electron chi connectivity index (χ1n) is 1.71. The van der Waals surface area contributed by atoms with Gasteiger partial charge in [0.25, 0.3) is 0 Å². The Morgan fingerprint density at radius 3 is 3.00 bits per heavy atom. The highest BCUT2D eigenvalue weighted by molar-refractivity contribution is 14.1. The molecule has 3 nitrogen and oxygen atoms in total. The summed E-state index contributed by atoms with van der Waals surface area (Å²) in [5.41, 5.74) is 0. The predicted molar refractivity (Wildman–Crippen MR) is 34.1 cm³/mol. The molecule has 0 amide bonds. The number of nitrogens with zero attached hydrogens (tertiary/aromatic N) is 1. The van der Waals surface area contributed by atoms with Crippen molar-refractivity contribution in [1.82, 2.24) is 5.16 Å². The van der Waals surface area contributed by atoms with Crippen molar-refractivity contribution in [2.75, 3.05) is 3.53 Å². The van der Waals surface area contributed by atoms with Gasteiger partial charge in [-0.2, -0.15) is 0 Å². The van der Waals surface area contributed by atoms with E-state index < -0.39 is 0 Å². The van der Waals surface area contributed by atoms with Gasteiger partial charge < -0.3 is 4.52 Å². The smallest absolute Gasteiger partial charge is 0.233 e. The van der Waals surface area contributed by atoms with Crippen LogP contribution in [0, 0.1) is 0 Å². The van der Waals surface area contributed by atoms with Crippen molar-refractivity contribution in [1.29, 1.82) is 0 Å². The molecule has 1 heterocycles. The van der Waals surface area contributed by atoms with Crippen LogP contribution in [-0.2, 0) is 0 Å². The average Bonchev–Trinajstić information content (AvgIpc) is 2.14. The Morgan fingerprint density at radius 2 is 2.71 bits per heavy atom. The first kappa shape index (κ1) is 4.89. The van der Waals surface area contributed by atoms with Crippen LogP contribution in [0.3, 0.4) is 0 Å². The van der Waals surface area contributed by atoms with Crippen molar-refractivity contribution in [3.63, 3.8) is 0 Å². The van der Waals surface area contributed by atoms with E-state index in [4.69, 9.17) is 0 Å². The van der Waals surface area contributed by atoms with Crippen LogP contribution in [0.25, 0.3) is 0 Å². The summed E-state index contributed by atoms with van der Waals surface area (Å²) in [5.74, 6) is 0.681. The molecular weight excluding hydrogens is 207 g/mol. The number of hydrogen-bond acceptors (Lipinski definition) is 3. The lowest BCUT2D eigenvalue weighted by Gasteiger charge is -1.80. The Hall–Kier alpha value is -0.260. The molecule has 1 aromatic heterocycles. The molecule has 4 heteroatoms. The topological polar surface area (TPSA) is 38.1 Å². The molecule has 0 aromatic carbocycles. The van der Waals surface area contributed by atoms with Gasteiger partial charge in [-0.15, -0.1) is 0 Å². The van der Waals surface area contributed by atoms with E-state index in [0.717, 1.165) is 0 Å². The van der Waals surface area contributed by atoms with E-state index in [1.165, 1.54) is 0 Å². The summed E-state index contributed by atoms with van der Waals surface area (Å²) in [5, 5.41) is 3.45. The molecule has 0 aliphatic carbocycles. The molecule has 0 spiro atoms. The third kappa shape index (κ3) is 1.05. The van der Waals surface area contributed by atoms with Gasteiger partial charge in [-0.3, -0.25) is 3.53 Å². The van der Waals surface area contributed by atoms with E-state index in [1.54, 1.807) is 12.3 Å². The van der Waals surface area contributed by atoms with Crippen LogP contribution in [0.2, 0.25) is 0 Å². The molecule has 0 saturated heterocycles. The van der Waals surface area contributed by atoms with Crippen LogP contribution in [0.5, 0.6) is 0 Å². The number of hydrogen-bond donors (Lipinski definition) is 1. The summed E-state index contributed by atoms with van der Waals surface area (Å²) in [6, 6.07) is 1.74. The zero-order valence-electron chi connectivity index (χ0n) is 3.39. The predicted octanol–water partition coefficient (Wildman–Crippen LogP) is 1.44. The van der Waals surface area contributed by atoms with Gasteiger partial charge in [0.15, 0.2) is 0 Å². The Balaban J connectivity index is 2.76. The van der Waals surface area contributed by atoms with Crippen LogP contribution < -0.4 is 3.53 Å². The van der Waals surface area contributed by atoms with Gasteiger partial charge in [-0.1, -0.05) is 5.16 Å². The summed E-state index contributed by atoms with van der Waals surface area (Å²) in [7, 11) is 0. The third-order valence-corrected chi connectivity index (χ3v) is 1.06. The van der Waals surface area contributed by atoms with Crippen molar-refractivity contribution < 1.29 is 4.52 Å². The largest absolute Gasteiger partial charge is 0.338 e. The first-order chi connectivity index (χ1) is 3.43. The van der Waals surface area contributed by atoms with Crippen LogP contribution in [0.4, 0.5) is 5.88 Å². The standard InChI is InChI=1S/C3H3IN2O/c4-6-3-1-2-5-7-3/h1-2,6H. The molecule has 7 heavy (non-hydrogen) atoms. The van der Waals surface area contributed by atoms with Crippen LogP contribution in [0.15, 0.2) is 16.8 Å². The normalized spacial score (nSPS) is 8.71. The summed E-state index contributed by atoms with van der Waals surface area (Å²) < 4.78 is 7.36. The van der Waals surface area contributed by atoms with Gasteiger partial charge in [0.1, 0.15) is 0 Å². The van der Waals surface area contributed by atoms with Gasteiger partial charge in [-0.25, -0.2) is 0 Å². The van der Waals surface area contributed by atoms with Crippen molar-refractivity contribution >= 4 is 28.7 Å². The molecule has 0 aliphatic rings. The van der Waals surface area contributed by atoms with Crippen LogP contribution >= 0.6 is 22.9 Å². The number of rotatable bonds is 1. The Morgan fingerprint density at radius 1 is 1.86 bits per heavy atom. The molecular formula is C3H3IN2O. The van der Waals surface area contributed by atoms with E-state index in [-0.39, 0.29) is 0 Å². The minimum Gasteiger partial charge on any atom is -0.338 e. The SMILES string of the molecule is INc1ccno1. The number of anilines is 1. The lowest BCUT2D eigenvalue weighted by molar-refractivity contribution is 0.437. The minimum absolute atomic E-state index is 0.681. The maximum Gasteiger partial charge on any atom is 0.233 e. The van der Waals surface area contributed by atoms with Crippen molar-refractivity contribution in [3.8, 4) is 0 Å². The molecule has 0 radical (unpaired) electrons. The maximum absolute atomic E-state index is 4.61. The van der Waals surface area contributed by atoms with Crippen molar-refractivity contribution in [2.45, 2.75) is 0 Å². The monoisotopic (exact) mass is 210 g/mol. The van der Waals surface area contributed by atoms with Gasteiger partial charge in [0, 0.05) is 6.07 Å². The molecule has 0 bridgehead atoms. The molecule has 0 atom stereocenters. The van der Waals surface area contributed by atoms with E-state index >= 15 is 0 Å². The molecule has 1 N–H and O–H groups in total. The number of aromatic nitrogens is 1. The highest BCUT2D eigenvalue weighted by atomic mass is 127. The quantitative estimate of drug-likeness (QED) is 0.562. The van der Waals surface area contributed by atoms with Gasteiger partial charge in [0.05, 0.1) is 29.1 Å². The zero-order valence-corrected chi connectivity index (χ0v) is 5.55. The fourth-order valence-corrected chi connectivity index (χ4v) is 0.543. The van der Waals surface area contributed by atoms with Crippen LogP contribution in [0.1, 0.15) is 0 Å². The van der Waals surface area contributed by atoms with E-state index in [2.05, 4.69) is 13.2 Å². The minimum atomic E-state index is 0.681. The number of nitrogens with one attached hydrogen (secondary N) is 1. The molecule has 1 rings (SSSR count). The maximum atomic E-state index is 4.61. The van der Waals surface area contributed by atoms with Gasteiger partial charge >= 0.3 is 0 Å². The summed E-state index contributed by atoms with van der Waals surface area (Å²) in [6.45, 7) is 0. The second kappa shape index (κ2) is 2.15. The number of halogens is 1. The second-order valence-electron chi connectivity index (χ2n) is 0.971. The molecule has 0 unspecified atom stereocenters. The molecule has 1 aromatic rings. The first-order valence-corrected chi connectivity index (χ1v) is 2.78. The summed E-state index contributed by atoms with van der Waals surface area (Å²) in [4.78, 5) is 0. The van der Waals surface area contributed by atoms with Crippen molar-refractivity contribution in [3.05, 3.63) is 12.3 Å². The third-order valence-electron chi connectivity index (χ3n) is 0.531. The summed E-state index contributed by atoms with van der Waals surface area (Å²) in [6.07, 6.45) is 1.58. The van der Waals surface area contributed by atoms with Crippen LogP contribution in [-0.4, -0.2) is 5.16 Å². The van der Waals surface area contributed by atoms with E-state index in [0.29, 0.717) is 5.88 Å². The lowest BCUT2D eigenvalue weighted by Crippen LogP contribution is -1.68. The van der Waals surface area contributed by atoms with Gasteiger partial charge in [-0.05, 0) is 0 Å². The Bertz CT molecular complexity index is 127. The molecule has 0 fully saturated rings.